The molecule has 2 unspecified atom stereocenters. The zero-order valence-electron chi connectivity index (χ0n) is 9.22. The van der Waals surface area contributed by atoms with E-state index in [-0.39, 0.29) is 5.25 Å². The lowest BCUT2D eigenvalue weighted by Crippen LogP contribution is -2.23. The van der Waals surface area contributed by atoms with Crippen molar-refractivity contribution in [2.24, 2.45) is 0 Å². The molecule has 3 nitrogen and oxygen atoms in total. The van der Waals surface area contributed by atoms with Gasteiger partial charge in [0.25, 0.3) is 0 Å². The number of nitrogens with two attached hydrogens (primary N) is 1. The number of pyridine rings is 1. The van der Waals surface area contributed by atoms with Crippen LogP contribution in [0.4, 0.5) is 5.82 Å². The van der Waals surface area contributed by atoms with E-state index in [0.717, 1.165) is 22.6 Å². The van der Waals surface area contributed by atoms with E-state index in [1.165, 1.54) is 5.75 Å². The summed E-state index contributed by atoms with van der Waals surface area (Å²) in [5.74, 6) is 3.72. The molecule has 1 aromatic heterocycles. The molecule has 2 rings (SSSR count). The van der Waals surface area contributed by atoms with E-state index in [9.17, 15) is 5.11 Å². The molecule has 0 amide bonds. The van der Waals surface area contributed by atoms with Gasteiger partial charge in [0.2, 0.25) is 0 Å². The molecule has 5 heteroatoms. The number of rotatable bonds is 2. The van der Waals surface area contributed by atoms with Crippen molar-refractivity contribution >= 4 is 29.3 Å². The minimum absolute atomic E-state index is 0.240. The SMILES string of the molecule is Cc1cnc(N)c(C(O)C2CSCCS2)c1. The standard InChI is InChI=1S/C11H16N2OS2/c1-7-4-8(11(12)13-5-7)10(14)9-6-15-2-3-16-9/h4-5,9-10,14H,2-3,6H2,1H3,(H2,12,13). The highest BCUT2D eigenvalue weighted by Gasteiger charge is 2.25. The molecule has 16 heavy (non-hydrogen) atoms. The van der Waals surface area contributed by atoms with Gasteiger partial charge in [0, 0.05) is 34.3 Å². The van der Waals surface area contributed by atoms with Crippen LogP contribution in [0.15, 0.2) is 12.3 Å². The smallest absolute Gasteiger partial charge is 0.129 e. The maximum Gasteiger partial charge on any atom is 0.129 e. The third-order valence-corrected chi connectivity index (χ3v) is 5.45. The van der Waals surface area contributed by atoms with Crippen LogP contribution < -0.4 is 5.73 Å². The van der Waals surface area contributed by atoms with E-state index in [2.05, 4.69) is 4.98 Å². The first-order chi connectivity index (χ1) is 7.68. The van der Waals surface area contributed by atoms with Crippen molar-refractivity contribution in [2.45, 2.75) is 18.3 Å². The second-order valence-corrected chi connectivity index (χ2v) is 6.41. The summed E-state index contributed by atoms with van der Waals surface area (Å²) < 4.78 is 0. The number of hydrogen-bond acceptors (Lipinski definition) is 5. The first kappa shape index (κ1) is 12.1. The summed E-state index contributed by atoms with van der Waals surface area (Å²) in [6.45, 7) is 1.96. The lowest BCUT2D eigenvalue weighted by Gasteiger charge is -2.26. The molecule has 0 bridgehead atoms. The van der Waals surface area contributed by atoms with Gasteiger partial charge in [-0.3, -0.25) is 0 Å². The molecular formula is C11H16N2OS2. The Bertz CT molecular complexity index is 367. The highest BCUT2D eigenvalue weighted by Crippen LogP contribution is 2.35. The molecule has 1 aliphatic rings. The summed E-state index contributed by atoms with van der Waals surface area (Å²) in [6, 6.07) is 1.94. The molecule has 1 saturated heterocycles. The maximum atomic E-state index is 10.3. The van der Waals surface area contributed by atoms with Crippen LogP contribution in [0, 0.1) is 6.92 Å². The molecule has 2 heterocycles. The molecule has 1 aliphatic heterocycles. The monoisotopic (exact) mass is 256 g/mol. The van der Waals surface area contributed by atoms with Crippen LogP contribution in [0.3, 0.4) is 0 Å². The van der Waals surface area contributed by atoms with E-state index in [1.54, 1.807) is 6.20 Å². The Kier molecular flexibility index (Phi) is 4.00. The van der Waals surface area contributed by atoms with E-state index in [1.807, 2.05) is 36.5 Å². The minimum Gasteiger partial charge on any atom is -0.387 e. The number of aryl methyl sites for hydroxylation is 1. The molecule has 0 aliphatic carbocycles. The van der Waals surface area contributed by atoms with Gasteiger partial charge >= 0.3 is 0 Å². The molecule has 0 aromatic carbocycles. The Hall–Kier alpha value is -0.390. The number of thioether (sulfide) groups is 2. The number of aromatic nitrogens is 1. The Morgan fingerprint density at radius 1 is 1.56 bits per heavy atom. The molecular weight excluding hydrogens is 240 g/mol. The molecule has 0 radical (unpaired) electrons. The number of nitrogens with zero attached hydrogens (tertiary/aromatic N) is 1. The summed E-state index contributed by atoms with van der Waals surface area (Å²) >= 11 is 3.72. The first-order valence-electron chi connectivity index (χ1n) is 5.28. The summed E-state index contributed by atoms with van der Waals surface area (Å²) in [5.41, 5.74) is 7.63. The molecule has 0 saturated carbocycles. The zero-order chi connectivity index (χ0) is 11.5. The quantitative estimate of drug-likeness (QED) is 0.846. The Balaban J connectivity index is 2.18. The lowest BCUT2D eigenvalue weighted by molar-refractivity contribution is 0.181. The number of aliphatic hydroxyl groups excluding tert-OH is 1. The summed E-state index contributed by atoms with van der Waals surface area (Å²) in [7, 11) is 0. The van der Waals surface area contributed by atoms with Gasteiger partial charge in [-0.15, -0.1) is 0 Å². The van der Waals surface area contributed by atoms with Gasteiger partial charge in [0.15, 0.2) is 0 Å². The van der Waals surface area contributed by atoms with Gasteiger partial charge in [0.05, 0.1) is 6.10 Å². The number of aliphatic hydroxyl groups is 1. The molecule has 2 atom stereocenters. The average molecular weight is 256 g/mol. The van der Waals surface area contributed by atoms with Crippen molar-refractivity contribution in [1.29, 1.82) is 0 Å². The lowest BCUT2D eigenvalue weighted by atomic mass is 10.1. The molecule has 0 spiro atoms. The van der Waals surface area contributed by atoms with Crippen LogP contribution in [0.25, 0.3) is 0 Å². The van der Waals surface area contributed by atoms with Gasteiger partial charge < -0.3 is 10.8 Å². The number of hydrogen-bond donors (Lipinski definition) is 2. The maximum absolute atomic E-state index is 10.3. The topological polar surface area (TPSA) is 59.1 Å². The van der Waals surface area contributed by atoms with Gasteiger partial charge in [-0.1, -0.05) is 0 Å². The third-order valence-electron chi connectivity index (χ3n) is 2.60. The van der Waals surface area contributed by atoms with Gasteiger partial charge in [-0.2, -0.15) is 23.5 Å². The first-order valence-corrected chi connectivity index (χ1v) is 7.48. The highest BCUT2D eigenvalue weighted by molar-refractivity contribution is 8.06. The van der Waals surface area contributed by atoms with Crippen molar-refractivity contribution in [1.82, 2.24) is 4.98 Å². The fourth-order valence-corrected chi connectivity index (χ4v) is 4.47. The summed E-state index contributed by atoms with van der Waals surface area (Å²) in [5, 5.41) is 10.5. The number of anilines is 1. The van der Waals surface area contributed by atoms with E-state index >= 15 is 0 Å². The van der Waals surface area contributed by atoms with Crippen molar-refractivity contribution in [2.75, 3.05) is 23.0 Å². The minimum atomic E-state index is -0.495. The predicted octanol–water partition coefficient (Wildman–Crippen LogP) is 1.85. The van der Waals surface area contributed by atoms with Crippen LogP contribution in [0.2, 0.25) is 0 Å². The highest BCUT2D eigenvalue weighted by atomic mass is 32.2. The summed E-state index contributed by atoms with van der Waals surface area (Å²) in [6.07, 6.45) is 1.24. The van der Waals surface area contributed by atoms with Crippen molar-refractivity contribution in [3.63, 3.8) is 0 Å². The zero-order valence-corrected chi connectivity index (χ0v) is 10.9. The van der Waals surface area contributed by atoms with E-state index in [0.29, 0.717) is 5.82 Å². The van der Waals surface area contributed by atoms with Crippen LogP contribution in [-0.4, -0.2) is 32.6 Å². The van der Waals surface area contributed by atoms with Gasteiger partial charge in [0.1, 0.15) is 5.82 Å². The van der Waals surface area contributed by atoms with Crippen LogP contribution in [0.5, 0.6) is 0 Å². The Labute approximate surface area is 104 Å². The van der Waals surface area contributed by atoms with Gasteiger partial charge in [-0.05, 0) is 18.6 Å². The molecule has 3 N–H and O–H groups in total. The van der Waals surface area contributed by atoms with Crippen molar-refractivity contribution < 1.29 is 5.11 Å². The third kappa shape index (κ3) is 2.64. The molecule has 1 aromatic rings. The largest absolute Gasteiger partial charge is 0.387 e. The fraction of sp³-hybridized carbons (Fsp3) is 0.545. The van der Waals surface area contributed by atoms with Crippen LogP contribution in [0.1, 0.15) is 17.2 Å². The van der Waals surface area contributed by atoms with Gasteiger partial charge in [-0.25, -0.2) is 4.98 Å². The summed E-state index contributed by atoms with van der Waals surface area (Å²) in [4.78, 5) is 4.10. The molecule has 1 fully saturated rings. The van der Waals surface area contributed by atoms with E-state index in [4.69, 9.17) is 5.73 Å². The van der Waals surface area contributed by atoms with Crippen molar-refractivity contribution in [3.8, 4) is 0 Å². The Morgan fingerprint density at radius 2 is 2.38 bits per heavy atom. The Morgan fingerprint density at radius 3 is 3.06 bits per heavy atom. The normalized spacial score (nSPS) is 23.0. The van der Waals surface area contributed by atoms with Crippen molar-refractivity contribution in [3.05, 3.63) is 23.4 Å². The predicted molar refractivity (Wildman–Crippen MR) is 71.9 cm³/mol. The van der Waals surface area contributed by atoms with E-state index < -0.39 is 6.10 Å². The van der Waals surface area contributed by atoms with Crippen LogP contribution >= 0.6 is 23.5 Å². The van der Waals surface area contributed by atoms with Crippen LogP contribution in [-0.2, 0) is 0 Å². The molecule has 88 valence electrons. The number of nitrogen functional groups attached to an aromatic ring is 1. The average Bonchev–Trinajstić information content (AvgIpc) is 2.32. The second kappa shape index (κ2) is 5.29. The second-order valence-electron chi connectivity index (χ2n) is 3.92. The fourth-order valence-electron chi connectivity index (χ4n) is 1.73.